The Morgan fingerprint density at radius 2 is 1.74 bits per heavy atom. The second kappa shape index (κ2) is 6.22. The lowest BCUT2D eigenvalue weighted by Crippen LogP contribution is -2.18. The van der Waals surface area contributed by atoms with E-state index >= 15 is 0 Å². The third-order valence-corrected chi connectivity index (χ3v) is 3.99. The predicted molar refractivity (Wildman–Crippen MR) is 84.9 cm³/mol. The Kier molecular flexibility index (Phi) is 4.61. The van der Waals surface area contributed by atoms with Crippen molar-refractivity contribution >= 4 is 21.6 Å². The van der Waals surface area contributed by atoms with E-state index in [-0.39, 0.29) is 0 Å². The molecule has 0 saturated heterocycles. The number of nitrogens with two attached hydrogens (primary N) is 1. The molecule has 2 aromatic carbocycles. The number of hydrogen-bond acceptors (Lipinski definition) is 2. The summed E-state index contributed by atoms with van der Waals surface area (Å²) in [7, 11) is 2.13. The summed E-state index contributed by atoms with van der Waals surface area (Å²) < 4.78 is 1.11. The second-order valence-corrected chi connectivity index (χ2v) is 5.80. The Hall–Kier alpha value is -1.32. The van der Waals surface area contributed by atoms with Gasteiger partial charge in [0.2, 0.25) is 0 Å². The number of hydrogen-bond donors (Lipinski definition) is 1. The van der Waals surface area contributed by atoms with Gasteiger partial charge in [-0.05, 0) is 48.9 Å². The minimum atomic E-state index is 0.808. The molecule has 2 N–H and O–H groups in total. The van der Waals surface area contributed by atoms with Crippen molar-refractivity contribution in [1.29, 1.82) is 0 Å². The SMILES string of the molecule is Cc1ccccc1CN(C)Cc1cc(N)ccc1Br. The van der Waals surface area contributed by atoms with Gasteiger partial charge in [0, 0.05) is 23.2 Å². The van der Waals surface area contributed by atoms with Gasteiger partial charge in [-0.3, -0.25) is 4.90 Å². The van der Waals surface area contributed by atoms with Gasteiger partial charge in [0.25, 0.3) is 0 Å². The summed E-state index contributed by atoms with van der Waals surface area (Å²) in [5.41, 5.74) is 10.6. The van der Waals surface area contributed by atoms with E-state index in [1.54, 1.807) is 0 Å². The zero-order valence-corrected chi connectivity index (χ0v) is 12.9. The molecule has 0 heterocycles. The van der Waals surface area contributed by atoms with Crippen molar-refractivity contribution in [1.82, 2.24) is 4.90 Å². The first-order valence-corrected chi connectivity index (χ1v) is 7.12. The summed E-state index contributed by atoms with van der Waals surface area (Å²) in [5.74, 6) is 0. The second-order valence-electron chi connectivity index (χ2n) is 4.95. The van der Waals surface area contributed by atoms with Gasteiger partial charge in [0.05, 0.1) is 0 Å². The lowest BCUT2D eigenvalue weighted by Gasteiger charge is -2.19. The van der Waals surface area contributed by atoms with E-state index in [1.165, 1.54) is 16.7 Å². The quantitative estimate of drug-likeness (QED) is 0.864. The third kappa shape index (κ3) is 3.82. The van der Waals surface area contributed by atoms with Crippen molar-refractivity contribution in [2.75, 3.05) is 12.8 Å². The first kappa shape index (κ1) is 14.1. The molecule has 0 radical (unpaired) electrons. The molecule has 0 fully saturated rings. The van der Waals surface area contributed by atoms with Crippen LogP contribution in [0.1, 0.15) is 16.7 Å². The smallest absolute Gasteiger partial charge is 0.0318 e. The molecule has 0 aliphatic rings. The van der Waals surface area contributed by atoms with Crippen molar-refractivity contribution in [3.63, 3.8) is 0 Å². The van der Waals surface area contributed by atoms with Gasteiger partial charge in [-0.1, -0.05) is 40.2 Å². The van der Waals surface area contributed by atoms with E-state index in [0.29, 0.717) is 0 Å². The van der Waals surface area contributed by atoms with Crippen LogP contribution >= 0.6 is 15.9 Å². The van der Waals surface area contributed by atoms with Crippen LogP contribution in [0.5, 0.6) is 0 Å². The van der Waals surface area contributed by atoms with Gasteiger partial charge in [0.15, 0.2) is 0 Å². The standard InChI is InChI=1S/C16H19BrN2/c1-12-5-3-4-6-13(12)10-19(2)11-14-9-15(18)7-8-16(14)17/h3-9H,10-11,18H2,1-2H3. The first-order valence-electron chi connectivity index (χ1n) is 6.33. The third-order valence-electron chi connectivity index (χ3n) is 3.21. The zero-order chi connectivity index (χ0) is 13.8. The Balaban J connectivity index is 2.07. The van der Waals surface area contributed by atoms with Crippen LogP contribution in [0.2, 0.25) is 0 Å². The molecular weight excluding hydrogens is 300 g/mol. The molecule has 0 aliphatic heterocycles. The van der Waals surface area contributed by atoms with E-state index in [1.807, 2.05) is 18.2 Å². The Morgan fingerprint density at radius 3 is 2.47 bits per heavy atom. The minimum absolute atomic E-state index is 0.808. The van der Waals surface area contributed by atoms with Crippen LogP contribution in [-0.4, -0.2) is 11.9 Å². The summed E-state index contributed by atoms with van der Waals surface area (Å²) in [6.07, 6.45) is 0. The lowest BCUT2D eigenvalue weighted by atomic mass is 10.1. The number of nitrogen functional groups attached to an aromatic ring is 1. The number of anilines is 1. The summed E-state index contributed by atoms with van der Waals surface area (Å²) >= 11 is 3.58. The fourth-order valence-electron chi connectivity index (χ4n) is 2.14. The van der Waals surface area contributed by atoms with Gasteiger partial charge in [-0.15, -0.1) is 0 Å². The number of halogens is 1. The van der Waals surface area contributed by atoms with Crippen molar-refractivity contribution in [2.24, 2.45) is 0 Å². The molecule has 0 saturated carbocycles. The highest BCUT2D eigenvalue weighted by atomic mass is 79.9. The molecule has 0 aliphatic carbocycles. The first-order chi connectivity index (χ1) is 9.06. The van der Waals surface area contributed by atoms with Crippen LogP contribution < -0.4 is 5.73 Å². The van der Waals surface area contributed by atoms with Crippen molar-refractivity contribution in [3.05, 3.63) is 63.6 Å². The molecule has 19 heavy (non-hydrogen) atoms. The van der Waals surface area contributed by atoms with Crippen LogP contribution in [0, 0.1) is 6.92 Å². The maximum Gasteiger partial charge on any atom is 0.0318 e. The predicted octanol–water partition coefficient (Wildman–Crippen LogP) is 3.97. The van der Waals surface area contributed by atoms with E-state index < -0.39 is 0 Å². The molecule has 0 unspecified atom stereocenters. The maximum absolute atomic E-state index is 5.84. The normalized spacial score (nSPS) is 10.9. The average molecular weight is 319 g/mol. The molecule has 0 aromatic heterocycles. The summed E-state index contributed by atoms with van der Waals surface area (Å²) in [5, 5.41) is 0. The molecule has 0 bridgehead atoms. The largest absolute Gasteiger partial charge is 0.399 e. The van der Waals surface area contributed by atoms with Gasteiger partial charge >= 0.3 is 0 Å². The van der Waals surface area contributed by atoms with Crippen LogP contribution in [0.25, 0.3) is 0 Å². The Labute approximate surface area is 123 Å². The number of rotatable bonds is 4. The highest BCUT2D eigenvalue weighted by molar-refractivity contribution is 9.10. The fourth-order valence-corrected chi connectivity index (χ4v) is 2.51. The van der Waals surface area contributed by atoms with Crippen LogP contribution in [0.4, 0.5) is 5.69 Å². The molecule has 100 valence electrons. The minimum Gasteiger partial charge on any atom is -0.399 e. The van der Waals surface area contributed by atoms with Crippen molar-refractivity contribution in [3.8, 4) is 0 Å². The topological polar surface area (TPSA) is 29.3 Å². The molecule has 0 amide bonds. The fraction of sp³-hybridized carbons (Fsp3) is 0.250. The monoisotopic (exact) mass is 318 g/mol. The van der Waals surface area contributed by atoms with Crippen molar-refractivity contribution < 1.29 is 0 Å². The van der Waals surface area contributed by atoms with Gasteiger partial charge in [-0.25, -0.2) is 0 Å². The Morgan fingerprint density at radius 1 is 1.05 bits per heavy atom. The van der Waals surface area contributed by atoms with E-state index in [9.17, 15) is 0 Å². The highest BCUT2D eigenvalue weighted by Gasteiger charge is 2.06. The van der Waals surface area contributed by atoms with Crippen molar-refractivity contribution in [2.45, 2.75) is 20.0 Å². The Bertz CT molecular complexity index is 566. The molecule has 0 spiro atoms. The molecule has 3 heteroatoms. The molecule has 0 atom stereocenters. The van der Waals surface area contributed by atoms with Crippen LogP contribution in [0.15, 0.2) is 46.9 Å². The summed E-state index contributed by atoms with van der Waals surface area (Å²) in [4.78, 5) is 2.29. The maximum atomic E-state index is 5.84. The van der Waals surface area contributed by atoms with Gasteiger partial charge in [0.1, 0.15) is 0 Å². The van der Waals surface area contributed by atoms with E-state index in [4.69, 9.17) is 5.73 Å². The molecule has 2 aromatic rings. The van der Waals surface area contributed by atoms with Crippen LogP contribution in [0.3, 0.4) is 0 Å². The zero-order valence-electron chi connectivity index (χ0n) is 11.4. The van der Waals surface area contributed by atoms with Gasteiger partial charge in [-0.2, -0.15) is 0 Å². The molecular formula is C16H19BrN2. The molecule has 2 nitrogen and oxygen atoms in total. The average Bonchev–Trinajstić information content (AvgIpc) is 2.37. The summed E-state index contributed by atoms with van der Waals surface area (Å²) in [6.45, 7) is 3.97. The number of aryl methyl sites for hydroxylation is 1. The van der Waals surface area contributed by atoms with Crippen LogP contribution in [-0.2, 0) is 13.1 Å². The van der Waals surface area contributed by atoms with E-state index in [0.717, 1.165) is 23.2 Å². The molecule has 2 rings (SSSR count). The highest BCUT2D eigenvalue weighted by Crippen LogP contribution is 2.21. The van der Waals surface area contributed by atoms with E-state index in [2.05, 4.69) is 59.1 Å². The number of benzene rings is 2. The lowest BCUT2D eigenvalue weighted by molar-refractivity contribution is 0.318. The summed E-state index contributed by atoms with van der Waals surface area (Å²) in [6, 6.07) is 14.4. The van der Waals surface area contributed by atoms with Gasteiger partial charge < -0.3 is 5.73 Å². The number of nitrogens with zero attached hydrogens (tertiary/aromatic N) is 1.